The lowest BCUT2D eigenvalue weighted by atomic mass is 9.98. The van der Waals surface area contributed by atoms with Crippen molar-refractivity contribution in [3.8, 4) is 11.1 Å². The van der Waals surface area contributed by atoms with E-state index < -0.39 is 17.6 Å². The van der Waals surface area contributed by atoms with E-state index in [1.54, 1.807) is 11.8 Å². The summed E-state index contributed by atoms with van der Waals surface area (Å²) >= 11 is 0. The van der Waals surface area contributed by atoms with E-state index in [1.807, 2.05) is 36.4 Å². The predicted octanol–water partition coefficient (Wildman–Crippen LogP) is 3.11. The molecule has 2 aliphatic carbocycles. The van der Waals surface area contributed by atoms with Crippen LogP contribution in [0, 0.1) is 17.8 Å². The van der Waals surface area contributed by atoms with E-state index in [2.05, 4.69) is 17.4 Å². The minimum Gasteiger partial charge on any atom is -0.481 e. The van der Waals surface area contributed by atoms with Gasteiger partial charge in [-0.2, -0.15) is 0 Å². The number of carbonyl (C=O) groups is 3. The van der Waals surface area contributed by atoms with Gasteiger partial charge >= 0.3 is 12.1 Å². The third-order valence-electron chi connectivity index (χ3n) is 7.69. The highest BCUT2D eigenvalue weighted by molar-refractivity contribution is 5.90. The molecule has 0 bridgehead atoms. The number of likely N-dealkylation sites (tertiary alicyclic amines) is 1. The molecule has 2 aromatic carbocycles. The lowest BCUT2D eigenvalue weighted by Gasteiger charge is -2.36. The van der Waals surface area contributed by atoms with Crippen LogP contribution >= 0.6 is 0 Å². The van der Waals surface area contributed by atoms with Crippen molar-refractivity contribution in [1.29, 1.82) is 0 Å². The molecule has 0 spiro atoms. The van der Waals surface area contributed by atoms with E-state index in [0.717, 1.165) is 22.3 Å². The van der Waals surface area contributed by atoms with Crippen LogP contribution in [0.15, 0.2) is 48.5 Å². The van der Waals surface area contributed by atoms with E-state index in [9.17, 15) is 19.5 Å². The molecule has 4 atom stereocenters. The summed E-state index contributed by atoms with van der Waals surface area (Å²) in [6, 6.07) is 16.2. The smallest absolute Gasteiger partial charge is 0.408 e. The summed E-state index contributed by atoms with van der Waals surface area (Å²) in [6.45, 7) is 2.59. The average molecular weight is 479 g/mol. The number of benzene rings is 2. The maximum atomic E-state index is 13.4. The number of rotatable bonds is 7. The van der Waals surface area contributed by atoms with Gasteiger partial charge in [-0.1, -0.05) is 48.5 Å². The molecular formula is C27H30N2O6. The van der Waals surface area contributed by atoms with Crippen LogP contribution in [0.2, 0.25) is 0 Å². The summed E-state index contributed by atoms with van der Waals surface area (Å²) in [5.41, 5.74) is 3.17. The fourth-order valence-corrected chi connectivity index (χ4v) is 5.94. The van der Waals surface area contributed by atoms with Crippen molar-refractivity contribution in [2.24, 2.45) is 17.8 Å². The summed E-state index contributed by atoms with van der Waals surface area (Å²) < 4.78 is 10.9. The van der Waals surface area contributed by atoms with Gasteiger partial charge in [-0.15, -0.1) is 0 Å². The number of methoxy groups -OCH3 is 1. The van der Waals surface area contributed by atoms with E-state index >= 15 is 0 Å². The first-order chi connectivity index (χ1) is 16.8. The van der Waals surface area contributed by atoms with Crippen molar-refractivity contribution in [2.45, 2.75) is 24.8 Å². The zero-order chi connectivity index (χ0) is 24.7. The highest BCUT2D eigenvalue weighted by Crippen LogP contribution is 2.52. The Morgan fingerprint density at radius 2 is 1.69 bits per heavy atom. The summed E-state index contributed by atoms with van der Waals surface area (Å²) in [7, 11) is 1.47. The SMILES string of the molecule is COCC(C)(NC(=O)OCC1c2ccccc2-c2ccccc21)C(=O)N1CC[C@H]2C(C(=O)O)[C@H]2C1. The Bertz CT molecular complexity index is 1120. The number of piperidine rings is 1. The lowest BCUT2D eigenvalue weighted by molar-refractivity contribution is -0.141. The van der Waals surface area contributed by atoms with Crippen LogP contribution < -0.4 is 5.32 Å². The first kappa shape index (κ1) is 23.4. The van der Waals surface area contributed by atoms with Crippen LogP contribution in [0.5, 0.6) is 0 Å². The van der Waals surface area contributed by atoms with Gasteiger partial charge in [-0.25, -0.2) is 4.79 Å². The molecule has 5 rings (SSSR count). The highest BCUT2D eigenvalue weighted by Gasteiger charge is 2.58. The molecule has 1 saturated heterocycles. The van der Waals surface area contributed by atoms with Crippen molar-refractivity contribution < 1.29 is 29.0 Å². The van der Waals surface area contributed by atoms with Crippen molar-refractivity contribution in [1.82, 2.24) is 10.2 Å². The number of carboxylic acid groups (broad SMARTS) is 1. The Morgan fingerprint density at radius 3 is 2.29 bits per heavy atom. The van der Waals surface area contributed by atoms with Gasteiger partial charge in [0.1, 0.15) is 12.1 Å². The summed E-state index contributed by atoms with van der Waals surface area (Å²) in [6.07, 6.45) is -0.0361. The van der Waals surface area contributed by atoms with E-state index in [4.69, 9.17) is 9.47 Å². The molecule has 2 N–H and O–H groups in total. The monoisotopic (exact) mass is 478 g/mol. The Labute approximate surface area is 204 Å². The fourth-order valence-electron chi connectivity index (χ4n) is 5.94. The molecule has 35 heavy (non-hydrogen) atoms. The van der Waals surface area contributed by atoms with Crippen molar-refractivity contribution >= 4 is 18.0 Å². The molecule has 2 fully saturated rings. The van der Waals surface area contributed by atoms with Gasteiger partial charge in [0.05, 0.1) is 12.5 Å². The average Bonchev–Trinajstić information content (AvgIpc) is 3.49. The van der Waals surface area contributed by atoms with Crippen molar-refractivity contribution in [3.63, 3.8) is 0 Å². The summed E-state index contributed by atoms with van der Waals surface area (Å²) in [4.78, 5) is 39.3. The number of aliphatic carboxylic acids is 1. The molecule has 184 valence electrons. The van der Waals surface area contributed by atoms with Crippen LogP contribution in [0.1, 0.15) is 30.4 Å². The molecular weight excluding hydrogens is 448 g/mol. The third kappa shape index (κ3) is 4.16. The Kier molecular flexibility index (Phi) is 6.01. The minimum absolute atomic E-state index is 0.0218. The van der Waals surface area contributed by atoms with Gasteiger partial charge in [-0.3, -0.25) is 9.59 Å². The molecule has 8 nitrogen and oxygen atoms in total. The molecule has 0 aromatic heterocycles. The van der Waals surface area contributed by atoms with Gasteiger partial charge < -0.3 is 24.8 Å². The number of hydrogen-bond donors (Lipinski definition) is 2. The number of amides is 2. The van der Waals surface area contributed by atoms with Crippen molar-refractivity contribution in [2.75, 3.05) is 33.4 Å². The minimum atomic E-state index is -1.32. The second-order valence-corrected chi connectivity index (χ2v) is 9.95. The number of nitrogens with zero attached hydrogens (tertiary/aromatic N) is 1. The van der Waals surface area contributed by atoms with Crippen molar-refractivity contribution in [3.05, 3.63) is 59.7 Å². The molecule has 1 aliphatic heterocycles. The maximum absolute atomic E-state index is 13.4. The molecule has 1 saturated carbocycles. The molecule has 2 unspecified atom stereocenters. The van der Waals surface area contributed by atoms with Gasteiger partial charge in [0.25, 0.3) is 5.91 Å². The number of fused-ring (bicyclic) bond motifs is 4. The van der Waals surface area contributed by atoms with E-state index in [1.165, 1.54) is 7.11 Å². The van der Waals surface area contributed by atoms with Gasteiger partial charge in [-0.05, 0) is 47.4 Å². The predicted molar refractivity (Wildman–Crippen MR) is 128 cm³/mol. The topological polar surface area (TPSA) is 105 Å². The van der Waals surface area contributed by atoms with Gasteiger partial charge in [0.2, 0.25) is 0 Å². The van der Waals surface area contributed by atoms with E-state index in [0.29, 0.717) is 19.5 Å². The maximum Gasteiger partial charge on any atom is 0.408 e. The fraction of sp³-hybridized carbons (Fsp3) is 0.444. The standard InChI is InChI=1S/C27H30N2O6/c1-27(15-34-2,25(32)29-12-11-20-21(13-29)23(20)24(30)31)28-26(33)35-14-22-18-9-5-3-7-16(18)17-8-4-6-10-19(17)22/h3-10,20-23H,11-15H2,1-2H3,(H,28,33)(H,30,31)/t20-,21+,23?,27?/m1/s1. The first-order valence-electron chi connectivity index (χ1n) is 12.0. The first-order valence-corrected chi connectivity index (χ1v) is 12.0. The van der Waals surface area contributed by atoms with Gasteiger partial charge in [0.15, 0.2) is 0 Å². The summed E-state index contributed by atoms with van der Waals surface area (Å²) in [5, 5.41) is 12.1. The number of nitrogens with one attached hydrogen (secondary N) is 1. The number of carboxylic acids is 1. The molecule has 2 aromatic rings. The Morgan fingerprint density at radius 1 is 1.06 bits per heavy atom. The quantitative estimate of drug-likeness (QED) is 0.634. The third-order valence-corrected chi connectivity index (χ3v) is 7.69. The number of alkyl carbamates (subject to hydrolysis) is 1. The van der Waals surface area contributed by atoms with Crippen LogP contribution in [0.4, 0.5) is 4.79 Å². The molecule has 0 radical (unpaired) electrons. The molecule has 2 amide bonds. The number of ether oxygens (including phenoxy) is 2. The van der Waals surface area contributed by atoms with Crippen LogP contribution in [-0.4, -0.2) is 66.9 Å². The number of carbonyl (C=O) groups excluding carboxylic acids is 2. The van der Waals surface area contributed by atoms with Gasteiger partial charge in [0, 0.05) is 26.1 Å². The highest BCUT2D eigenvalue weighted by atomic mass is 16.5. The number of hydrogen-bond acceptors (Lipinski definition) is 5. The Hall–Kier alpha value is -3.39. The summed E-state index contributed by atoms with van der Waals surface area (Å²) in [5.74, 6) is -1.43. The Balaban J connectivity index is 1.25. The van der Waals surface area contributed by atoms with Crippen LogP contribution in [0.25, 0.3) is 11.1 Å². The zero-order valence-electron chi connectivity index (χ0n) is 19.9. The molecule has 3 aliphatic rings. The lowest BCUT2D eigenvalue weighted by Crippen LogP contribution is -2.61. The normalized spacial score (nSPS) is 23.9. The second-order valence-electron chi connectivity index (χ2n) is 9.95. The molecule has 1 heterocycles. The van der Waals surface area contributed by atoms with Crippen LogP contribution in [0.3, 0.4) is 0 Å². The zero-order valence-corrected chi connectivity index (χ0v) is 19.9. The second kappa shape index (κ2) is 9.00. The molecule has 8 heteroatoms. The largest absolute Gasteiger partial charge is 0.481 e. The van der Waals surface area contributed by atoms with E-state index in [-0.39, 0.29) is 42.8 Å². The van der Waals surface area contributed by atoms with Crippen LogP contribution in [-0.2, 0) is 19.1 Å².